The van der Waals surface area contributed by atoms with Gasteiger partial charge in [0.25, 0.3) is 10.0 Å². The molecule has 0 radical (unpaired) electrons. The molecule has 7 heteroatoms. The molecule has 3 rings (SSSR count). The molecule has 2 fully saturated rings. The summed E-state index contributed by atoms with van der Waals surface area (Å²) in [6.45, 7) is 3.62. The third kappa shape index (κ3) is 3.42. The Morgan fingerprint density at radius 1 is 1.19 bits per heavy atom. The van der Waals surface area contributed by atoms with Crippen LogP contribution in [0, 0.1) is 5.92 Å². The Balaban J connectivity index is 1.64. The Kier molecular flexibility index (Phi) is 4.26. The average molecular weight is 311 g/mol. The number of hydrogen-bond acceptors (Lipinski definition) is 5. The molecule has 0 unspecified atom stereocenters. The molecule has 116 valence electrons. The quantitative estimate of drug-likeness (QED) is 0.846. The van der Waals surface area contributed by atoms with E-state index in [0.29, 0.717) is 18.7 Å². The van der Waals surface area contributed by atoms with Gasteiger partial charge in [-0.15, -0.1) is 0 Å². The lowest BCUT2D eigenvalue weighted by atomic mass is 10.3. The summed E-state index contributed by atoms with van der Waals surface area (Å²) in [5, 5.41) is 9.05. The molecule has 0 atom stereocenters. The van der Waals surface area contributed by atoms with Crippen molar-refractivity contribution < 1.29 is 13.5 Å². The Morgan fingerprint density at radius 3 is 2.43 bits per heavy atom. The van der Waals surface area contributed by atoms with Crippen molar-refractivity contribution in [3.05, 3.63) is 23.9 Å². The second kappa shape index (κ2) is 6.00. The van der Waals surface area contributed by atoms with Crippen LogP contribution >= 0.6 is 0 Å². The molecule has 2 aliphatic rings. The maximum atomic E-state index is 12.5. The highest BCUT2D eigenvalue weighted by molar-refractivity contribution is 7.89. The lowest BCUT2D eigenvalue weighted by Crippen LogP contribution is -2.49. The van der Waals surface area contributed by atoms with E-state index in [0.717, 1.165) is 25.6 Å². The first kappa shape index (κ1) is 14.9. The predicted molar refractivity (Wildman–Crippen MR) is 78.1 cm³/mol. The van der Waals surface area contributed by atoms with Crippen LogP contribution in [0.3, 0.4) is 0 Å². The van der Waals surface area contributed by atoms with Gasteiger partial charge in [-0.3, -0.25) is 0 Å². The Morgan fingerprint density at radius 2 is 1.90 bits per heavy atom. The number of hydrogen-bond donors (Lipinski definition) is 1. The van der Waals surface area contributed by atoms with Crippen molar-refractivity contribution in [1.29, 1.82) is 0 Å². The van der Waals surface area contributed by atoms with Crippen LogP contribution in [-0.4, -0.2) is 60.4 Å². The number of rotatable bonds is 5. The van der Waals surface area contributed by atoms with Gasteiger partial charge in [-0.2, -0.15) is 4.31 Å². The van der Waals surface area contributed by atoms with Crippen molar-refractivity contribution in [2.75, 3.05) is 32.7 Å². The number of aliphatic hydroxyl groups is 1. The van der Waals surface area contributed by atoms with E-state index >= 15 is 0 Å². The van der Waals surface area contributed by atoms with Crippen LogP contribution in [0.15, 0.2) is 23.4 Å². The SMILES string of the molecule is O=S(=O)(c1ccc(CO)cn1)N1CCN(CC2CC2)CC1. The normalized spacial score (nSPS) is 21.6. The standard InChI is InChI=1S/C14H21N3O3S/c18-11-13-3-4-14(15-9-13)21(19,20)17-7-5-16(6-8-17)10-12-1-2-12/h3-4,9,12,18H,1-2,5-8,10-11H2. The van der Waals surface area contributed by atoms with Gasteiger partial charge >= 0.3 is 0 Å². The minimum atomic E-state index is -3.51. The maximum absolute atomic E-state index is 12.5. The van der Waals surface area contributed by atoms with Crippen molar-refractivity contribution in [2.45, 2.75) is 24.5 Å². The van der Waals surface area contributed by atoms with Gasteiger partial charge in [0.2, 0.25) is 0 Å². The van der Waals surface area contributed by atoms with E-state index in [1.54, 1.807) is 6.07 Å². The molecule has 1 aliphatic heterocycles. The highest BCUT2D eigenvalue weighted by Crippen LogP contribution is 2.30. The Bertz CT molecular complexity index is 576. The van der Waals surface area contributed by atoms with E-state index in [9.17, 15) is 8.42 Å². The zero-order valence-electron chi connectivity index (χ0n) is 12.0. The van der Waals surface area contributed by atoms with Crippen LogP contribution in [0.5, 0.6) is 0 Å². The summed E-state index contributed by atoms with van der Waals surface area (Å²) in [5.74, 6) is 0.834. The lowest BCUT2D eigenvalue weighted by molar-refractivity contribution is 0.182. The largest absolute Gasteiger partial charge is 0.392 e. The average Bonchev–Trinajstić information content (AvgIpc) is 3.32. The number of sulfonamides is 1. The van der Waals surface area contributed by atoms with Crippen molar-refractivity contribution in [1.82, 2.24) is 14.2 Å². The molecule has 0 bridgehead atoms. The van der Waals surface area contributed by atoms with E-state index in [1.807, 2.05) is 0 Å². The fourth-order valence-electron chi connectivity index (χ4n) is 2.61. The number of aromatic nitrogens is 1. The molecule has 1 aromatic heterocycles. The van der Waals surface area contributed by atoms with Gasteiger partial charge in [-0.1, -0.05) is 6.07 Å². The summed E-state index contributed by atoms with van der Waals surface area (Å²) >= 11 is 0. The molecule has 1 aliphatic carbocycles. The topological polar surface area (TPSA) is 73.7 Å². The monoisotopic (exact) mass is 311 g/mol. The maximum Gasteiger partial charge on any atom is 0.260 e. The first-order valence-corrected chi connectivity index (χ1v) is 8.82. The summed E-state index contributed by atoms with van der Waals surface area (Å²) in [6, 6.07) is 3.07. The van der Waals surface area contributed by atoms with Gasteiger partial charge in [-0.05, 0) is 30.4 Å². The van der Waals surface area contributed by atoms with Gasteiger partial charge in [0.05, 0.1) is 6.61 Å². The van der Waals surface area contributed by atoms with Crippen molar-refractivity contribution >= 4 is 10.0 Å². The Hall–Kier alpha value is -1.02. The molecule has 1 saturated heterocycles. The van der Waals surface area contributed by atoms with E-state index in [2.05, 4.69) is 9.88 Å². The summed E-state index contributed by atoms with van der Waals surface area (Å²) in [6.07, 6.45) is 4.05. The van der Waals surface area contributed by atoms with Crippen molar-refractivity contribution in [2.24, 2.45) is 5.92 Å². The number of nitrogens with zero attached hydrogens (tertiary/aromatic N) is 3. The Labute approximate surface area is 125 Å². The molecule has 0 spiro atoms. The second-order valence-electron chi connectivity index (χ2n) is 5.81. The van der Waals surface area contributed by atoms with Crippen molar-refractivity contribution in [3.63, 3.8) is 0 Å². The molecular formula is C14H21N3O3S. The first-order chi connectivity index (χ1) is 10.1. The number of aliphatic hydroxyl groups excluding tert-OH is 1. The summed E-state index contributed by atoms with van der Waals surface area (Å²) in [7, 11) is -3.51. The fourth-order valence-corrected chi connectivity index (χ4v) is 3.94. The van der Waals surface area contributed by atoms with Crippen LogP contribution in [0.1, 0.15) is 18.4 Å². The van der Waals surface area contributed by atoms with E-state index in [4.69, 9.17) is 5.11 Å². The van der Waals surface area contributed by atoms with E-state index < -0.39 is 10.0 Å². The highest BCUT2D eigenvalue weighted by Gasteiger charge is 2.31. The summed E-state index contributed by atoms with van der Waals surface area (Å²) < 4.78 is 26.5. The minimum Gasteiger partial charge on any atom is -0.392 e. The van der Waals surface area contributed by atoms with Gasteiger partial charge in [-0.25, -0.2) is 13.4 Å². The summed E-state index contributed by atoms with van der Waals surface area (Å²) in [4.78, 5) is 6.32. The van der Waals surface area contributed by atoms with Crippen LogP contribution in [0.25, 0.3) is 0 Å². The van der Waals surface area contributed by atoms with Crippen LogP contribution in [0.2, 0.25) is 0 Å². The van der Waals surface area contributed by atoms with E-state index in [1.165, 1.54) is 29.4 Å². The van der Waals surface area contributed by atoms with E-state index in [-0.39, 0.29) is 11.6 Å². The highest BCUT2D eigenvalue weighted by atomic mass is 32.2. The molecule has 0 amide bonds. The number of piperazine rings is 1. The predicted octanol–water partition coefficient (Wildman–Crippen LogP) is 0.290. The van der Waals surface area contributed by atoms with Gasteiger partial charge < -0.3 is 10.0 Å². The second-order valence-corrected chi connectivity index (χ2v) is 7.70. The molecule has 1 aromatic rings. The van der Waals surface area contributed by atoms with Crippen LogP contribution in [-0.2, 0) is 16.6 Å². The third-order valence-corrected chi connectivity index (χ3v) is 5.94. The molecular weight excluding hydrogens is 290 g/mol. The van der Waals surface area contributed by atoms with Gasteiger partial charge in [0, 0.05) is 38.9 Å². The zero-order chi connectivity index (χ0) is 14.9. The molecule has 21 heavy (non-hydrogen) atoms. The minimum absolute atomic E-state index is 0.0651. The van der Waals surface area contributed by atoms with Crippen molar-refractivity contribution in [3.8, 4) is 0 Å². The van der Waals surface area contributed by atoms with Crippen LogP contribution in [0.4, 0.5) is 0 Å². The fraction of sp³-hybridized carbons (Fsp3) is 0.643. The molecule has 6 nitrogen and oxygen atoms in total. The lowest BCUT2D eigenvalue weighted by Gasteiger charge is -2.33. The third-order valence-electron chi connectivity index (χ3n) is 4.13. The zero-order valence-corrected chi connectivity index (χ0v) is 12.8. The molecule has 2 heterocycles. The summed E-state index contributed by atoms with van der Waals surface area (Å²) in [5.41, 5.74) is 0.614. The molecule has 1 N–H and O–H groups in total. The number of pyridine rings is 1. The molecule has 0 aromatic carbocycles. The van der Waals surface area contributed by atoms with Gasteiger partial charge in [0.1, 0.15) is 0 Å². The smallest absolute Gasteiger partial charge is 0.260 e. The molecule has 1 saturated carbocycles. The first-order valence-electron chi connectivity index (χ1n) is 7.38. The van der Waals surface area contributed by atoms with Gasteiger partial charge in [0.15, 0.2) is 5.03 Å². The van der Waals surface area contributed by atoms with Crippen LogP contribution < -0.4 is 0 Å².